The summed E-state index contributed by atoms with van der Waals surface area (Å²) < 4.78 is 0. The summed E-state index contributed by atoms with van der Waals surface area (Å²) in [5.41, 5.74) is 26.3. The van der Waals surface area contributed by atoms with Crippen LogP contribution in [-0.4, -0.2) is 24.9 Å². The Morgan fingerprint density at radius 1 is 0.172 bits per heavy atom. The van der Waals surface area contributed by atoms with E-state index in [1.54, 1.807) is 0 Å². The molecule has 4 heterocycles. The number of aromatic nitrogens is 5. The molecule has 116 heavy (non-hydrogen) atoms. The first-order valence-electron chi connectivity index (χ1n) is 39.5. The van der Waals surface area contributed by atoms with Gasteiger partial charge in [0.1, 0.15) is 0 Å². The highest BCUT2D eigenvalue weighted by Crippen LogP contribution is 2.68. The third-order valence-electron chi connectivity index (χ3n) is 24.1. The summed E-state index contributed by atoms with van der Waals surface area (Å²) in [5.74, 6) is 2.66. The van der Waals surface area contributed by atoms with Gasteiger partial charge in [-0.1, -0.05) is 424 Å². The average Bonchev–Trinajstić information content (AvgIpc) is 1.37. The standard InChI is InChI=1S/C55H34N2S.C54H33N3S/c1-3-14-35(15-4-1)36-26-28-40(29-27-36)50-34-49(39-18-5-2-6-19-39)56-54(57-50)45-24-13-23-44-43-22-11-12-25-46(43)55(51(44)45)47-32-30-37-16-7-9-20-41(37)52(47)58-53-42-21-10-8-17-38(42)31-33-48(53)55;1-3-14-34(15-4-1)35-26-28-39(29-27-35)52-55-51(38-18-5-2-6-19-38)56-53(57-52)44-24-13-23-43-42-22-11-12-25-45(42)54(48(43)44)46-32-30-36-16-7-9-20-40(36)49(46)58-50-41-21-10-8-17-37(41)31-33-47(50)54/h1-34H;1-33H. The molecule has 0 unspecified atom stereocenters. The first-order chi connectivity index (χ1) is 57.5. The van der Waals surface area contributed by atoms with Crippen LogP contribution in [0.1, 0.15) is 44.5 Å². The largest absolute Gasteiger partial charge is 0.228 e. The molecule has 2 aliphatic carbocycles. The maximum Gasteiger partial charge on any atom is 0.164 e. The molecule has 0 radical (unpaired) electrons. The van der Waals surface area contributed by atoms with Crippen LogP contribution in [0.5, 0.6) is 0 Å². The predicted octanol–water partition coefficient (Wildman–Crippen LogP) is 28.0. The monoisotopic (exact) mass is 1510 g/mol. The Labute approximate surface area is 680 Å². The summed E-state index contributed by atoms with van der Waals surface area (Å²) in [4.78, 5) is 32.1. The number of nitrogens with zero attached hydrogens (tertiary/aromatic N) is 5. The van der Waals surface area contributed by atoms with Gasteiger partial charge < -0.3 is 0 Å². The quantitative estimate of drug-likeness (QED) is 0.150. The van der Waals surface area contributed by atoms with E-state index in [1.165, 1.54) is 146 Å². The van der Waals surface area contributed by atoms with E-state index in [-0.39, 0.29) is 0 Å². The highest BCUT2D eigenvalue weighted by Gasteiger charge is 2.54. The van der Waals surface area contributed by atoms with Crippen molar-refractivity contribution >= 4 is 66.6 Å². The van der Waals surface area contributed by atoms with Crippen LogP contribution in [0.15, 0.2) is 426 Å². The average molecular weight is 1510 g/mol. The van der Waals surface area contributed by atoms with Crippen LogP contribution < -0.4 is 0 Å². The van der Waals surface area contributed by atoms with Gasteiger partial charge in [0.05, 0.1) is 22.2 Å². The van der Waals surface area contributed by atoms with Gasteiger partial charge in [0, 0.05) is 53.0 Å². The summed E-state index contributed by atoms with van der Waals surface area (Å²) in [6, 6.07) is 147. The fourth-order valence-corrected chi connectivity index (χ4v) is 21.9. The maximum atomic E-state index is 5.52. The molecule has 2 aromatic heterocycles. The second kappa shape index (κ2) is 27.3. The van der Waals surface area contributed by atoms with Gasteiger partial charge in [-0.15, -0.1) is 0 Å². The third-order valence-corrected chi connectivity index (χ3v) is 26.7. The van der Waals surface area contributed by atoms with Gasteiger partial charge >= 0.3 is 0 Å². The van der Waals surface area contributed by atoms with Gasteiger partial charge in [-0.2, -0.15) is 0 Å². The first kappa shape index (κ1) is 67.5. The summed E-state index contributed by atoms with van der Waals surface area (Å²) in [5, 5.41) is 10.0. The SMILES string of the molecule is c1ccc(-c2ccc(-c3cc(-c4ccccc4)nc(-c4cccc5c4C4(c6ccccc6-5)c5ccc6ccccc6c5Sc5c4ccc4ccccc54)n3)cc2)cc1.c1ccc(-c2ccc(-c3nc(-c4ccccc4)nc(-c4cccc5c4C4(c6ccccc6-5)c5ccc6ccccc6c5Sc5c4ccc4ccccc54)n3)cc2)cc1. The fraction of sp³-hybridized carbons (Fsp3) is 0.0183. The number of rotatable bonds is 8. The lowest BCUT2D eigenvalue weighted by molar-refractivity contribution is 0.729. The topological polar surface area (TPSA) is 64.5 Å². The van der Waals surface area contributed by atoms with E-state index in [0.717, 1.165) is 56.2 Å². The molecule has 5 nitrogen and oxygen atoms in total. The van der Waals surface area contributed by atoms with Gasteiger partial charge in [0.25, 0.3) is 0 Å². The van der Waals surface area contributed by atoms with Crippen molar-refractivity contribution in [2.24, 2.45) is 0 Å². The van der Waals surface area contributed by atoms with E-state index in [1.807, 2.05) is 47.8 Å². The lowest BCUT2D eigenvalue weighted by Crippen LogP contribution is -2.33. The summed E-state index contributed by atoms with van der Waals surface area (Å²) in [6.45, 7) is 0. The van der Waals surface area contributed by atoms with Gasteiger partial charge in [0.15, 0.2) is 23.3 Å². The lowest BCUT2D eigenvalue weighted by atomic mass is 9.65. The van der Waals surface area contributed by atoms with Crippen molar-refractivity contribution in [2.75, 3.05) is 0 Å². The minimum absolute atomic E-state index is 0.629. The van der Waals surface area contributed by atoms with Gasteiger partial charge in [0.2, 0.25) is 0 Å². The van der Waals surface area contributed by atoms with Crippen LogP contribution in [0, 0.1) is 0 Å². The van der Waals surface area contributed by atoms with Gasteiger partial charge in [-0.3, -0.25) is 0 Å². The molecule has 0 fully saturated rings. The minimum atomic E-state index is -0.649. The van der Waals surface area contributed by atoms with Crippen LogP contribution in [0.25, 0.3) is 156 Å². The zero-order chi connectivity index (χ0) is 76.4. The van der Waals surface area contributed by atoms with Crippen molar-refractivity contribution in [3.8, 4) is 113 Å². The molecule has 4 aliphatic rings. The molecule has 540 valence electrons. The molecule has 7 heteroatoms. The van der Waals surface area contributed by atoms with Crippen LogP contribution in [-0.2, 0) is 10.8 Å². The van der Waals surface area contributed by atoms with E-state index >= 15 is 0 Å². The molecule has 0 atom stereocenters. The number of hydrogen-bond acceptors (Lipinski definition) is 7. The van der Waals surface area contributed by atoms with E-state index in [2.05, 4.69) is 382 Å². The molecule has 0 bridgehead atoms. The van der Waals surface area contributed by atoms with Gasteiger partial charge in [-0.05, 0) is 138 Å². The van der Waals surface area contributed by atoms with Crippen molar-refractivity contribution in [2.45, 2.75) is 30.4 Å². The first-order valence-corrected chi connectivity index (χ1v) is 41.1. The van der Waals surface area contributed by atoms with Crippen LogP contribution >= 0.6 is 23.5 Å². The van der Waals surface area contributed by atoms with E-state index in [4.69, 9.17) is 24.9 Å². The normalized spacial score (nSPS) is 13.2. The molecule has 18 aromatic carbocycles. The molecule has 0 N–H and O–H groups in total. The summed E-state index contributed by atoms with van der Waals surface area (Å²) in [7, 11) is 0. The smallest absolute Gasteiger partial charge is 0.164 e. The van der Waals surface area contributed by atoms with E-state index in [0.29, 0.717) is 17.5 Å². The number of fused-ring (bicyclic) bond motifs is 26. The highest BCUT2D eigenvalue weighted by atomic mass is 32.2. The van der Waals surface area contributed by atoms with Crippen molar-refractivity contribution in [1.82, 2.24) is 24.9 Å². The highest BCUT2D eigenvalue weighted by molar-refractivity contribution is 8.00. The summed E-state index contributed by atoms with van der Waals surface area (Å²) in [6.07, 6.45) is 0. The van der Waals surface area contributed by atoms with Crippen molar-refractivity contribution in [1.29, 1.82) is 0 Å². The molecule has 2 spiro atoms. The Morgan fingerprint density at radius 2 is 0.440 bits per heavy atom. The van der Waals surface area contributed by atoms with Crippen LogP contribution in [0.3, 0.4) is 0 Å². The third kappa shape index (κ3) is 10.6. The van der Waals surface area contributed by atoms with Crippen LogP contribution in [0.2, 0.25) is 0 Å². The fourth-order valence-electron chi connectivity index (χ4n) is 19.0. The molecule has 0 saturated heterocycles. The Kier molecular flexibility index (Phi) is 15.9. The Morgan fingerprint density at radius 3 is 0.836 bits per heavy atom. The molecular weight excluding hydrogens is 1440 g/mol. The van der Waals surface area contributed by atoms with Crippen molar-refractivity contribution in [3.05, 3.63) is 451 Å². The minimum Gasteiger partial charge on any atom is -0.228 e. The summed E-state index contributed by atoms with van der Waals surface area (Å²) >= 11 is 3.83. The Hall–Kier alpha value is -14.2. The second-order valence-electron chi connectivity index (χ2n) is 30.3. The predicted molar refractivity (Wildman–Crippen MR) is 478 cm³/mol. The van der Waals surface area contributed by atoms with Gasteiger partial charge in [-0.25, -0.2) is 24.9 Å². The number of hydrogen-bond donors (Lipinski definition) is 0. The van der Waals surface area contributed by atoms with Crippen molar-refractivity contribution in [3.63, 3.8) is 0 Å². The zero-order valence-corrected chi connectivity index (χ0v) is 64.4. The molecule has 2 aliphatic heterocycles. The molecule has 0 saturated carbocycles. The van der Waals surface area contributed by atoms with Crippen LogP contribution in [0.4, 0.5) is 0 Å². The zero-order valence-electron chi connectivity index (χ0n) is 62.7. The van der Waals surface area contributed by atoms with E-state index in [9.17, 15) is 0 Å². The molecular formula is C109H67N5S2. The molecule has 20 aromatic rings. The maximum absolute atomic E-state index is 5.52. The molecule has 0 amide bonds. The molecule has 24 rings (SSSR count). The second-order valence-corrected chi connectivity index (χ2v) is 32.3. The lowest BCUT2D eigenvalue weighted by Gasteiger charge is -2.41. The Balaban J connectivity index is 0.000000137. The van der Waals surface area contributed by atoms with Crippen molar-refractivity contribution < 1.29 is 0 Å². The Bertz CT molecular complexity index is 6760. The van der Waals surface area contributed by atoms with E-state index < -0.39 is 10.8 Å². The number of benzene rings is 18.